The first-order valence-corrected chi connectivity index (χ1v) is 34.2. The molecule has 80 heavy (non-hydrogen) atoms. The van der Waals surface area contributed by atoms with Crippen molar-refractivity contribution in [3.8, 4) is 0 Å². The number of allylic oxidation sites excluding steroid dienone is 16. The van der Waals surface area contributed by atoms with Gasteiger partial charge >= 0.3 is 17.9 Å². The second-order valence-corrected chi connectivity index (χ2v) is 22.7. The zero-order valence-corrected chi connectivity index (χ0v) is 52.8. The number of carbonyl (C=O) groups is 3. The minimum atomic E-state index is -0.797. The minimum Gasteiger partial charge on any atom is -0.462 e. The average molecular weight is 1110 g/mol. The predicted molar refractivity (Wildman–Crippen MR) is 348 cm³/mol. The molecule has 6 nitrogen and oxygen atoms in total. The number of unbranched alkanes of at least 4 members (excludes halogenated alkanes) is 35. The van der Waals surface area contributed by atoms with E-state index in [1.165, 1.54) is 161 Å². The van der Waals surface area contributed by atoms with Crippen LogP contribution in [0.25, 0.3) is 0 Å². The molecule has 0 aliphatic heterocycles. The van der Waals surface area contributed by atoms with Gasteiger partial charge in [-0.15, -0.1) is 0 Å². The highest BCUT2D eigenvalue weighted by molar-refractivity contribution is 5.71. The Morgan fingerprint density at radius 2 is 0.487 bits per heavy atom. The number of carbonyl (C=O) groups excluding carboxylic acids is 3. The summed E-state index contributed by atoms with van der Waals surface area (Å²) in [6, 6.07) is 0. The molecule has 1 atom stereocenters. The van der Waals surface area contributed by atoms with Crippen LogP contribution in [-0.4, -0.2) is 37.2 Å². The summed E-state index contributed by atoms with van der Waals surface area (Å²) in [5.74, 6) is -0.909. The Morgan fingerprint density at radius 3 is 0.787 bits per heavy atom. The van der Waals surface area contributed by atoms with Crippen molar-refractivity contribution < 1.29 is 28.6 Å². The van der Waals surface area contributed by atoms with Gasteiger partial charge in [-0.3, -0.25) is 14.4 Å². The van der Waals surface area contributed by atoms with Crippen molar-refractivity contribution in [1.82, 2.24) is 0 Å². The normalized spacial score (nSPS) is 12.7. The summed E-state index contributed by atoms with van der Waals surface area (Å²) in [6.45, 7) is 6.52. The van der Waals surface area contributed by atoms with Gasteiger partial charge < -0.3 is 14.2 Å². The van der Waals surface area contributed by atoms with Gasteiger partial charge in [0, 0.05) is 19.3 Å². The molecule has 0 aliphatic rings. The number of hydrogen-bond donors (Lipinski definition) is 0. The van der Waals surface area contributed by atoms with Crippen LogP contribution in [0.4, 0.5) is 0 Å². The number of esters is 3. The summed E-state index contributed by atoms with van der Waals surface area (Å²) in [5, 5.41) is 0. The summed E-state index contributed by atoms with van der Waals surface area (Å²) in [5.41, 5.74) is 0. The predicted octanol–water partition coefficient (Wildman–Crippen LogP) is 23.6. The smallest absolute Gasteiger partial charge is 0.306 e. The van der Waals surface area contributed by atoms with Crippen LogP contribution in [0.3, 0.4) is 0 Å². The van der Waals surface area contributed by atoms with E-state index in [1.54, 1.807) is 0 Å². The van der Waals surface area contributed by atoms with Crippen molar-refractivity contribution >= 4 is 17.9 Å². The Morgan fingerprint density at radius 1 is 0.263 bits per heavy atom. The molecule has 1 unspecified atom stereocenters. The molecule has 0 spiro atoms. The maximum Gasteiger partial charge on any atom is 0.306 e. The van der Waals surface area contributed by atoms with E-state index < -0.39 is 6.10 Å². The van der Waals surface area contributed by atoms with Crippen molar-refractivity contribution in [3.05, 3.63) is 97.2 Å². The first-order chi connectivity index (χ1) is 39.5. The average Bonchev–Trinajstić information content (AvgIpc) is 3.46. The minimum absolute atomic E-state index is 0.0891. The van der Waals surface area contributed by atoms with Crippen molar-refractivity contribution in [2.24, 2.45) is 0 Å². The Hall–Kier alpha value is -3.67. The summed E-state index contributed by atoms with van der Waals surface area (Å²) < 4.78 is 17.0. The van der Waals surface area contributed by atoms with Crippen molar-refractivity contribution in [1.29, 1.82) is 0 Å². The fourth-order valence-electron chi connectivity index (χ4n) is 9.67. The lowest BCUT2D eigenvalue weighted by molar-refractivity contribution is -0.167. The van der Waals surface area contributed by atoms with Gasteiger partial charge in [-0.1, -0.05) is 291 Å². The van der Waals surface area contributed by atoms with E-state index in [4.69, 9.17) is 14.2 Å². The van der Waals surface area contributed by atoms with Gasteiger partial charge in [0.25, 0.3) is 0 Å². The molecule has 460 valence electrons. The zero-order chi connectivity index (χ0) is 57.8. The Labute approximate surface area is 496 Å². The molecule has 0 aliphatic carbocycles. The fourth-order valence-corrected chi connectivity index (χ4v) is 9.67. The van der Waals surface area contributed by atoms with E-state index in [9.17, 15) is 14.4 Å². The van der Waals surface area contributed by atoms with Gasteiger partial charge in [0.05, 0.1) is 0 Å². The summed E-state index contributed by atoms with van der Waals surface area (Å²) in [7, 11) is 0. The SMILES string of the molecule is CC/C=C\C/C=C\C/C=C\C/C=C\C/C=C\CCCCCCCC(=O)OC(COC(=O)CCCCCCC/C=C\C/C=C\CCCCCC)COC(=O)CCCCCCCCCCCCCCC/C=C\CCCCCCCCCC. The summed E-state index contributed by atoms with van der Waals surface area (Å²) in [4.78, 5) is 38.4. The molecule has 0 aromatic carbocycles. The molecule has 0 rings (SSSR count). The Kier molecular flexibility index (Phi) is 64.7. The zero-order valence-electron chi connectivity index (χ0n) is 52.8. The molecule has 0 fully saturated rings. The van der Waals surface area contributed by atoms with E-state index >= 15 is 0 Å². The van der Waals surface area contributed by atoms with Gasteiger partial charge in [0.2, 0.25) is 0 Å². The molecular formula is C74H128O6. The van der Waals surface area contributed by atoms with Crippen molar-refractivity contribution in [2.45, 2.75) is 341 Å². The lowest BCUT2D eigenvalue weighted by Gasteiger charge is -2.18. The number of ether oxygens (including phenoxy) is 3. The largest absolute Gasteiger partial charge is 0.462 e. The quantitative estimate of drug-likeness (QED) is 0.0261. The molecule has 0 aromatic heterocycles. The number of hydrogen-bond acceptors (Lipinski definition) is 6. The van der Waals surface area contributed by atoms with Gasteiger partial charge in [-0.05, 0) is 122 Å². The monoisotopic (exact) mass is 1110 g/mol. The standard InChI is InChI=1S/C74H128O6/c1-4-7-10-13-16-19-22-25-28-31-33-35-36-37-38-40-41-43-46-49-52-55-58-61-64-67-73(76)79-70-71(69-78-72(75)66-63-60-57-54-51-48-45-30-27-24-21-18-15-12-9-6-3)80-74(77)68-65-62-59-56-53-50-47-44-42-39-34-32-29-26-23-20-17-14-11-8-5-2/h8,11,17,20-21,24,26,29-31,33-34,39,44-45,47,71H,4-7,9-10,12-16,18-19,22-23,25,27-28,32,35-38,40-43,46,48-70H2,1-3H3/b11-8-,20-17-,24-21-,29-26-,33-31-,39-34-,45-30-,47-44-. The van der Waals surface area contributed by atoms with Crippen LogP contribution < -0.4 is 0 Å². The van der Waals surface area contributed by atoms with Gasteiger partial charge in [-0.2, -0.15) is 0 Å². The molecule has 0 radical (unpaired) electrons. The highest BCUT2D eigenvalue weighted by Crippen LogP contribution is 2.16. The third-order valence-electron chi connectivity index (χ3n) is 14.8. The molecular weight excluding hydrogens is 985 g/mol. The molecule has 0 amide bonds. The first kappa shape index (κ1) is 76.3. The molecule has 0 saturated carbocycles. The van der Waals surface area contributed by atoms with Crippen LogP contribution in [0.5, 0.6) is 0 Å². The molecule has 0 saturated heterocycles. The van der Waals surface area contributed by atoms with Gasteiger partial charge in [0.15, 0.2) is 6.10 Å². The third-order valence-corrected chi connectivity index (χ3v) is 14.8. The van der Waals surface area contributed by atoms with Gasteiger partial charge in [-0.25, -0.2) is 0 Å². The van der Waals surface area contributed by atoms with Crippen molar-refractivity contribution in [3.63, 3.8) is 0 Å². The molecule has 0 aromatic rings. The fraction of sp³-hybridized carbons (Fsp3) is 0.743. The van der Waals surface area contributed by atoms with Crippen LogP contribution >= 0.6 is 0 Å². The lowest BCUT2D eigenvalue weighted by Crippen LogP contribution is -2.30. The highest BCUT2D eigenvalue weighted by Gasteiger charge is 2.19. The third kappa shape index (κ3) is 65.1. The molecule has 0 bridgehead atoms. The Balaban J connectivity index is 4.38. The summed E-state index contributed by atoms with van der Waals surface area (Å²) in [6.07, 6.45) is 91.3. The van der Waals surface area contributed by atoms with Gasteiger partial charge in [0.1, 0.15) is 13.2 Å². The molecule has 0 N–H and O–H groups in total. The van der Waals surface area contributed by atoms with Crippen LogP contribution in [-0.2, 0) is 28.6 Å². The molecule has 0 heterocycles. The second-order valence-electron chi connectivity index (χ2n) is 22.7. The van der Waals surface area contributed by atoms with Crippen molar-refractivity contribution in [2.75, 3.05) is 13.2 Å². The van der Waals surface area contributed by atoms with Crippen LogP contribution in [0.2, 0.25) is 0 Å². The van der Waals surface area contributed by atoms with Crippen LogP contribution in [0, 0.1) is 0 Å². The van der Waals surface area contributed by atoms with Crippen LogP contribution in [0.1, 0.15) is 335 Å². The lowest BCUT2D eigenvalue weighted by atomic mass is 10.0. The first-order valence-electron chi connectivity index (χ1n) is 34.2. The topological polar surface area (TPSA) is 78.9 Å². The maximum atomic E-state index is 12.9. The van der Waals surface area contributed by atoms with E-state index in [1.807, 2.05) is 0 Å². The Bertz CT molecular complexity index is 1560. The molecule has 6 heteroatoms. The van der Waals surface area contributed by atoms with E-state index in [0.717, 1.165) is 135 Å². The second kappa shape index (κ2) is 67.8. The van der Waals surface area contributed by atoms with Crippen LogP contribution in [0.15, 0.2) is 97.2 Å². The summed E-state index contributed by atoms with van der Waals surface area (Å²) >= 11 is 0. The number of rotatable bonds is 62. The van der Waals surface area contributed by atoms with E-state index in [-0.39, 0.29) is 31.1 Å². The van der Waals surface area contributed by atoms with E-state index in [0.29, 0.717) is 19.3 Å². The maximum absolute atomic E-state index is 12.9. The van der Waals surface area contributed by atoms with E-state index in [2.05, 4.69) is 118 Å². The highest BCUT2D eigenvalue weighted by atomic mass is 16.6.